The second-order valence-electron chi connectivity index (χ2n) is 4.88. The third-order valence-electron chi connectivity index (χ3n) is 3.25. The number of anilines is 1. The summed E-state index contributed by atoms with van der Waals surface area (Å²) < 4.78 is 0. The number of carbonyl (C=O) groups is 3. The van der Waals surface area contributed by atoms with Gasteiger partial charge in [-0.2, -0.15) is 11.8 Å². The summed E-state index contributed by atoms with van der Waals surface area (Å²) >= 11 is 1.59. The number of benzene rings is 1. The average molecular weight is 306 g/mol. The van der Waals surface area contributed by atoms with Crippen LogP contribution in [0.4, 0.5) is 5.69 Å². The molecule has 5 nitrogen and oxygen atoms in total. The highest BCUT2D eigenvalue weighted by Crippen LogP contribution is 2.24. The summed E-state index contributed by atoms with van der Waals surface area (Å²) in [5.41, 5.74) is 1.28. The predicted octanol–water partition coefficient (Wildman–Crippen LogP) is 2.38. The normalized spacial score (nSPS) is 13.5. The lowest BCUT2D eigenvalue weighted by Gasteiger charge is -2.06. The molecule has 1 aromatic rings. The van der Waals surface area contributed by atoms with Crippen molar-refractivity contribution in [3.63, 3.8) is 0 Å². The van der Waals surface area contributed by atoms with Gasteiger partial charge in [-0.15, -0.1) is 0 Å². The van der Waals surface area contributed by atoms with Gasteiger partial charge in [0.1, 0.15) is 0 Å². The summed E-state index contributed by atoms with van der Waals surface area (Å²) in [6.07, 6.45) is 2.21. The monoisotopic (exact) mass is 306 g/mol. The Morgan fingerprint density at radius 3 is 2.67 bits per heavy atom. The minimum atomic E-state index is -0.330. The van der Waals surface area contributed by atoms with Crippen molar-refractivity contribution in [3.8, 4) is 0 Å². The molecular weight excluding hydrogens is 288 g/mol. The maximum absolute atomic E-state index is 11.9. The molecule has 1 heterocycles. The molecule has 112 valence electrons. The van der Waals surface area contributed by atoms with Crippen molar-refractivity contribution in [2.24, 2.45) is 0 Å². The summed E-state index contributed by atoms with van der Waals surface area (Å²) in [6.45, 7) is 2.11. The number of unbranched alkanes of at least 4 members (excludes halogenated alkanes) is 1. The van der Waals surface area contributed by atoms with Crippen LogP contribution in [0.1, 0.15) is 40.5 Å². The van der Waals surface area contributed by atoms with Gasteiger partial charge < -0.3 is 5.32 Å². The van der Waals surface area contributed by atoms with Gasteiger partial charge in [-0.05, 0) is 30.4 Å². The number of hydrogen-bond acceptors (Lipinski definition) is 4. The van der Waals surface area contributed by atoms with Crippen LogP contribution in [-0.2, 0) is 4.79 Å². The van der Waals surface area contributed by atoms with Gasteiger partial charge in [0.2, 0.25) is 5.91 Å². The van der Waals surface area contributed by atoms with Crippen LogP contribution < -0.4 is 5.32 Å². The number of hydrogen-bond donors (Lipinski definition) is 1. The van der Waals surface area contributed by atoms with Gasteiger partial charge in [0.25, 0.3) is 11.8 Å². The van der Waals surface area contributed by atoms with Gasteiger partial charge in [0.15, 0.2) is 0 Å². The number of thioether (sulfide) groups is 1. The lowest BCUT2D eigenvalue weighted by molar-refractivity contribution is -0.113. The number of carbonyl (C=O) groups excluding carboxylic acids is 3. The van der Waals surface area contributed by atoms with Crippen LogP contribution in [0.2, 0.25) is 0 Å². The summed E-state index contributed by atoms with van der Waals surface area (Å²) in [7, 11) is 1.45. The zero-order valence-corrected chi connectivity index (χ0v) is 13.0. The molecular formula is C15H18N2O3S. The lowest BCUT2D eigenvalue weighted by atomic mass is 10.1. The molecule has 0 saturated heterocycles. The van der Waals surface area contributed by atoms with E-state index in [0.717, 1.165) is 23.5 Å². The van der Waals surface area contributed by atoms with E-state index in [0.29, 0.717) is 22.6 Å². The Morgan fingerprint density at radius 2 is 1.95 bits per heavy atom. The van der Waals surface area contributed by atoms with E-state index in [1.165, 1.54) is 7.05 Å². The van der Waals surface area contributed by atoms with E-state index in [1.807, 2.05) is 0 Å². The fraction of sp³-hybridized carbons (Fsp3) is 0.400. The fourth-order valence-electron chi connectivity index (χ4n) is 2.05. The molecule has 1 aliphatic heterocycles. The SMILES string of the molecule is CCCCSCC(=O)Nc1ccc2c(c1)C(=O)N(C)C2=O. The number of amides is 3. The molecule has 21 heavy (non-hydrogen) atoms. The van der Waals surface area contributed by atoms with E-state index < -0.39 is 0 Å². The van der Waals surface area contributed by atoms with Gasteiger partial charge in [0, 0.05) is 12.7 Å². The van der Waals surface area contributed by atoms with Crippen molar-refractivity contribution in [1.29, 1.82) is 0 Å². The van der Waals surface area contributed by atoms with Crippen molar-refractivity contribution in [3.05, 3.63) is 29.3 Å². The Balaban J connectivity index is 1.99. The van der Waals surface area contributed by atoms with E-state index in [4.69, 9.17) is 0 Å². The number of imide groups is 1. The molecule has 0 aromatic heterocycles. The maximum Gasteiger partial charge on any atom is 0.261 e. The first kappa shape index (κ1) is 15.6. The second-order valence-corrected chi connectivity index (χ2v) is 5.99. The van der Waals surface area contributed by atoms with Gasteiger partial charge in [-0.3, -0.25) is 19.3 Å². The van der Waals surface area contributed by atoms with Crippen LogP contribution in [0.5, 0.6) is 0 Å². The van der Waals surface area contributed by atoms with Crippen molar-refractivity contribution in [1.82, 2.24) is 4.90 Å². The van der Waals surface area contributed by atoms with E-state index in [-0.39, 0.29) is 17.7 Å². The minimum Gasteiger partial charge on any atom is -0.325 e. The van der Waals surface area contributed by atoms with Crippen LogP contribution in [0.25, 0.3) is 0 Å². The Bertz CT molecular complexity index is 586. The first-order valence-electron chi connectivity index (χ1n) is 6.88. The Labute approximate surface area is 128 Å². The average Bonchev–Trinajstić information content (AvgIpc) is 2.68. The van der Waals surface area contributed by atoms with Crippen LogP contribution in [0, 0.1) is 0 Å². The highest BCUT2D eigenvalue weighted by atomic mass is 32.2. The number of rotatable bonds is 6. The number of nitrogens with zero attached hydrogens (tertiary/aromatic N) is 1. The molecule has 0 atom stereocenters. The highest BCUT2D eigenvalue weighted by molar-refractivity contribution is 7.99. The molecule has 6 heteroatoms. The van der Waals surface area contributed by atoms with Crippen LogP contribution in [-0.4, -0.2) is 41.2 Å². The molecule has 3 amide bonds. The molecule has 0 unspecified atom stereocenters. The topological polar surface area (TPSA) is 66.5 Å². The van der Waals surface area contributed by atoms with Crippen LogP contribution in [0.3, 0.4) is 0 Å². The molecule has 1 aromatic carbocycles. The molecule has 0 fully saturated rings. The standard InChI is InChI=1S/C15H18N2O3S/c1-3-4-7-21-9-13(18)16-10-5-6-11-12(8-10)15(20)17(2)14(11)19/h5-6,8H,3-4,7,9H2,1-2H3,(H,16,18). The summed E-state index contributed by atoms with van der Waals surface area (Å²) in [4.78, 5) is 36.5. The van der Waals surface area contributed by atoms with Crippen LogP contribution >= 0.6 is 11.8 Å². The zero-order valence-electron chi connectivity index (χ0n) is 12.1. The van der Waals surface area contributed by atoms with Gasteiger partial charge in [-0.25, -0.2) is 0 Å². The third-order valence-corrected chi connectivity index (χ3v) is 4.29. The zero-order chi connectivity index (χ0) is 15.4. The molecule has 1 N–H and O–H groups in total. The van der Waals surface area contributed by atoms with Crippen molar-refractivity contribution < 1.29 is 14.4 Å². The maximum atomic E-state index is 11.9. The van der Waals surface area contributed by atoms with E-state index >= 15 is 0 Å². The predicted molar refractivity (Wildman–Crippen MR) is 83.7 cm³/mol. The molecule has 0 saturated carbocycles. The van der Waals surface area contributed by atoms with Crippen molar-refractivity contribution in [2.75, 3.05) is 23.9 Å². The summed E-state index contributed by atoms with van der Waals surface area (Å²) in [5, 5.41) is 2.76. The molecule has 1 aliphatic rings. The molecule has 0 bridgehead atoms. The molecule has 2 rings (SSSR count). The smallest absolute Gasteiger partial charge is 0.261 e. The first-order valence-corrected chi connectivity index (χ1v) is 8.04. The van der Waals surface area contributed by atoms with Gasteiger partial charge in [0.05, 0.1) is 16.9 Å². The molecule has 0 spiro atoms. The Kier molecular flexibility index (Phi) is 5.01. The summed E-state index contributed by atoms with van der Waals surface area (Å²) in [5.74, 6) is 0.628. The Hall–Kier alpha value is -1.82. The van der Waals surface area contributed by atoms with E-state index in [1.54, 1.807) is 30.0 Å². The fourth-order valence-corrected chi connectivity index (χ4v) is 2.94. The molecule has 0 aliphatic carbocycles. The largest absolute Gasteiger partial charge is 0.325 e. The van der Waals surface area contributed by atoms with Crippen molar-refractivity contribution >= 4 is 35.2 Å². The van der Waals surface area contributed by atoms with E-state index in [9.17, 15) is 14.4 Å². The van der Waals surface area contributed by atoms with Crippen LogP contribution in [0.15, 0.2) is 18.2 Å². The molecule has 0 radical (unpaired) electrons. The third kappa shape index (κ3) is 3.44. The minimum absolute atomic E-state index is 0.0961. The second kappa shape index (κ2) is 6.76. The highest BCUT2D eigenvalue weighted by Gasteiger charge is 2.32. The number of fused-ring (bicyclic) bond motifs is 1. The lowest BCUT2D eigenvalue weighted by Crippen LogP contribution is -2.24. The Morgan fingerprint density at radius 1 is 1.24 bits per heavy atom. The van der Waals surface area contributed by atoms with E-state index in [2.05, 4.69) is 12.2 Å². The quantitative estimate of drug-likeness (QED) is 0.647. The first-order chi connectivity index (χ1) is 10.0. The summed E-state index contributed by atoms with van der Waals surface area (Å²) in [6, 6.07) is 4.80. The van der Waals surface area contributed by atoms with Gasteiger partial charge in [-0.1, -0.05) is 13.3 Å². The van der Waals surface area contributed by atoms with Gasteiger partial charge >= 0.3 is 0 Å². The van der Waals surface area contributed by atoms with Crippen molar-refractivity contribution in [2.45, 2.75) is 19.8 Å². The number of nitrogens with one attached hydrogen (secondary N) is 1.